The van der Waals surface area contributed by atoms with Crippen molar-refractivity contribution in [2.75, 3.05) is 13.2 Å². The SMILES string of the molecule is CCOP(=O)(OCC)c1c[n+](C(C)(C)C)nc2ccccc12. The molecule has 5 nitrogen and oxygen atoms in total. The third-order valence-corrected chi connectivity index (χ3v) is 5.36. The topological polar surface area (TPSA) is 52.3 Å². The molecule has 120 valence electrons. The summed E-state index contributed by atoms with van der Waals surface area (Å²) in [4.78, 5) is 0. The average Bonchev–Trinajstić information content (AvgIpc) is 2.45. The van der Waals surface area contributed by atoms with Crippen molar-refractivity contribution in [3.05, 3.63) is 30.5 Å². The molecule has 22 heavy (non-hydrogen) atoms. The van der Waals surface area contributed by atoms with Crippen molar-refractivity contribution in [1.29, 1.82) is 0 Å². The van der Waals surface area contributed by atoms with Crippen LogP contribution in [-0.2, 0) is 19.2 Å². The van der Waals surface area contributed by atoms with E-state index in [1.165, 1.54) is 0 Å². The Bertz CT molecular complexity index is 700. The summed E-state index contributed by atoms with van der Waals surface area (Å²) in [5, 5.41) is 5.99. The predicted octanol–water partition coefficient (Wildman–Crippen LogP) is 3.17. The third kappa shape index (κ3) is 3.37. The highest BCUT2D eigenvalue weighted by Crippen LogP contribution is 2.48. The normalized spacial score (nSPS) is 12.8. The Hall–Kier alpha value is -1.29. The Morgan fingerprint density at radius 3 is 2.27 bits per heavy atom. The van der Waals surface area contributed by atoms with Crippen LogP contribution in [0.25, 0.3) is 10.9 Å². The first-order chi connectivity index (χ1) is 10.3. The van der Waals surface area contributed by atoms with E-state index in [1.807, 2.05) is 63.6 Å². The second-order valence-corrected chi connectivity index (χ2v) is 7.97. The highest BCUT2D eigenvalue weighted by Gasteiger charge is 2.35. The summed E-state index contributed by atoms with van der Waals surface area (Å²) in [6.07, 6.45) is 1.79. The van der Waals surface area contributed by atoms with Crippen molar-refractivity contribution in [2.24, 2.45) is 0 Å². The van der Waals surface area contributed by atoms with Crippen LogP contribution in [0.1, 0.15) is 34.6 Å². The van der Waals surface area contributed by atoms with Crippen molar-refractivity contribution >= 4 is 23.8 Å². The lowest BCUT2D eigenvalue weighted by molar-refractivity contribution is -0.803. The van der Waals surface area contributed by atoms with Gasteiger partial charge in [-0.2, -0.15) is 0 Å². The van der Waals surface area contributed by atoms with Crippen molar-refractivity contribution in [3.63, 3.8) is 0 Å². The van der Waals surface area contributed by atoms with Crippen LogP contribution in [0.3, 0.4) is 0 Å². The molecule has 0 aliphatic rings. The number of hydrogen-bond acceptors (Lipinski definition) is 4. The third-order valence-electron chi connectivity index (χ3n) is 3.22. The molecular weight excluding hydrogens is 299 g/mol. The van der Waals surface area contributed by atoms with Gasteiger partial charge in [0, 0.05) is 31.3 Å². The molecule has 0 N–H and O–H groups in total. The van der Waals surface area contributed by atoms with Crippen LogP contribution < -0.4 is 9.99 Å². The second-order valence-electron chi connectivity index (χ2n) is 5.98. The molecule has 0 aliphatic heterocycles. The largest absolute Gasteiger partial charge is 0.368 e. The van der Waals surface area contributed by atoms with Crippen LogP contribution in [0.5, 0.6) is 0 Å². The predicted molar refractivity (Wildman–Crippen MR) is 87.4 cm³/mol. The molecule has 1 aromatic carbocycles. The van der Waals surface area contributed by atoms with Gasteiger partial charge in [-0.15, -0.1) is 0 Å². The average molecular weight is 323 g/mol. The fourth-order valence-corrected chi connectivity index (χ4v) is 3.95. The molecule has 0 amide bonds. The molecule has 0 fully saturated rings. The van der Waals surface area contributed by atoms with E-state index in [2.05, 4.69) is 5.10 Å². The van der Waals surface area contributed by atoms with Gasteiger partial charge in [0.25, 0.3) is 0 Å². The van der Waals surface area contributed by atoms with Crippen LogP contribution in [0, 0.1) is 0 Å². The number of nitrogens with zero attached hydrogens (tertiary/aromatic N) is 2. The van der Waals surface area contributed by atoms with E-state index in [0.29, 0.717) is 18.5 Å². The summed E-state index contributed by atoms with van der Waals surface area (Å²) < 4.78 is 26.1. The molecule has 1 aromatic heterocycles. The van der Waals surface area contributed by atoms with Gasteiger partial charge in [-0.25, -0.2) is 0 Å². The summed E-state index contributed by atoms with van der Waals surface area (Å²) in [7, 11) is -3.37. The standard InChI is InChI=1S/C16H24N2O3P/c1-6-20-22(19,21-7-2)15-12-18(16(3,4)5)17-14-11-9-8-10-13(14)15/h8-12H,6-7H2,1-5H3/q+1. The van der Waals surface area contributed by atoms with Crippen LogP contribution in [-0.4, -0.2) is 18.3 Å². The maximum Gasteiger partial charge on any atom is 0.368 e. The minimum absolute atomic E-state index is 0.234. The van der Waals surface area contributed by atoms with Crippen molar-refractivity contribution in [1.82, 2.24) is 5.10 Å². The van der Waals surface area contributed by atoms with Gasteiger partial charge in [0.05, 0.1) is 13.2 Å². The molecule has 0 bridgehead atoms. The molecule has 0 unspecified atom stereocenters. The Balaban J connectivity index is 2.77. The monoisotopic (exact) mass is 323 g/mol. The van der Waals surface area contributed by atoms with Gasteiger partial charge in [0.1, 0.15) is 10.8 Å². The van der Waals surface area contributed by atoms with Gasteiger partial charge >= 0.3 is 7.60 Å². The molecule has 0 radical (unpaired) electrons. The van der Waals surface area contributed by atoms with Crippen molar-refractivity contribution in [3.8, 4) is 0 Å². The molecule has 0 spiro atoms. The maximum atomic E-state index is 13.2. The second kappa shape index (κ2) is 6.45. The first-order valence-electron chi connectivity index (χ1n) is 7.53. The van der Waals surface area contributed by atoms with Crippen LogP contribution in [0.2, 0.25) is 0 Å². The Kier molecular flexibility index (Phi) is 5.00. The van der Waals surface area contributed by atoms with Gasteiger partial charge < -0.3 is 9.05 Å². The number of benzene rings is 1. The zero-order chi connectivity index (χ0) is 16.4. The van der Waals surface area contributed by atoms with E-state index in [1.54, 1.807) is 6.20 Å². The van der Waals surface area contributed by atoms with Gasteiger partial charge in [-0.05, 0) is 19.9 Å². The lowest BCUT2D eigenvalue weighted by Gasteiger charge is -2.19. The van der Waals surface area contributed by atoms with Crippen molar-refractivity contribution in [2.45, 2.75) is 40.2 Å². The molecule has 0 aliphatic carbocycles. The van der Waals surface area contributed by atoms with E-state index >= 15 is 0 Å². The number of hydrogen-bond donors (Lipinski definition) is 0. The van der Waals surface area contributed by atoms with Crippen LogP contribution in [0.15, 0.2) is 30.5 Å². The number of aromatic nitrogens is 2. The van der Waals surface area contributed by atoms with E-state index in [9.17, 15) is 4.57 Å². The van der Waals surface area contributed by atoms with E-state index < -0.39 is 7.60 Å². The Morgan fingerprint density at radius 1 is 1.14 bits per heavy atom. The molecule has 2 rings (SSSR count). The minimum atomic E-state index is -3.37. The molecular formula is C16H24N2O3P+. The minimum Gasteiger partial charge on any atom is -0.305 e. The molecule has 0 saturated heterocycles. The number of fused-ring (bicyclic) bond motifs is 1. The summed E-state index contributed by atoms with van der Waals surface area (Å²) in [5.74, 6) is 0. The summed E-state index contributed by atoms with van der Waals surface area (Å²) >= 11 is 0. The smallest absolute Gasteiger partial charge is 0.305 e. The molecule has 2 aromatic rings. The maximum absolute atomic E-state index is 13.2. The van der Waals surface area contributed by atoms with E-state index in [0.717, 1.165) is 10.9 Å². The first kappa shape index (κ1) is 17.1. The summed E-state index contributed by atoms with van der Waals surface area (Å²) in [6, 6.07) is 7.62. The van der Waals surface area contributed by atoms with E-state index in [4.69, 9.17) is 9.05 Å². The zero-order valence-corrected chi connectivity index (χ0v) is 14.8. The van der Waals surface area contributed by atoms with E-state index in [-0.39, 0.29) is 5.54 Å². The highest BCUT2D eigenvalue weighted by atomic mass is 31.2. The van der Waals surface area contributed by atoms with Crippen LogP contribution >= 0.6 is 7.60 Å². The quantitative estimate of drug-likeness (QED) is 0.626. The van der Waals surface area contributed by atoms with Gasteiger partial charge in [-0.3, -0.25) is 4.57 Å². The van der Waals surface area contributed by atoms with Gasteiger partial charge in [-0.1, -0.05) is 22.9 Å². The first-order valence-corrected chi connectivity index (χ1v) is 9.08. The van der Waals surface area contributed by atoms with Crippen molar-refractivity contribution < 1.29 is 18.3 Å². The van der Waals surface area contributed by atoms with Gasteiger partial charge in [0.15, 0.2) is 5.54 Å². The molecule has 1 heterocycles. The van der Waals surface area contributed by atoms with Gasteiger partial charge in [0.2, 0.25) is 6.20 Å². The fraction of sp³-hybridized carbons (Fsp3) is 0.500. The zero-order valence-electron chi connectivity index (χ0n) is 13.9. The molecule has 6 heteroatoms. The van der Waals surface area contributed by atoms with Crippen LogP contribution in [0.4, 0.5) is 0 Å². The Labute approximate surface area is 131 Å². The molecule has 0 saturated carbocycles. The Morgan fingerprint density at radius 2 is 1.73 bits per heavy atom. The number of rotatable bonds is 5. The summed E-state index contributed by atoms with van der Waals surface area (Å²) in [5.41, 5.74) is 0.539. The highest BCUT2D eigenvalue weighted by molar-refractivity contribution is 7.62. The lowest BCUT2D eigenvalue weighted by Crippen LogP contribution is -2.54. The fourth-order valence-electron chi connectivity index (χ4n) is 2.19. The summed E-state index contributed by atoms with van der Waals surface area (Å²) in [6.45, 7) is 10.4. The lowest BCUT2D eigenvalue weighted by atomic mass is 10.1. The molecule has 0 atom stereocenters.